The van der Waals surface area contributed by atoms with E-state index < -0.39 is 11.6 Å². The van der Waals surface area contributed by atoms with Gasteiger partial charge < -0.3 is 10.1 Å². The van der Waals surface area contributed by atoms with Crippen molar-refractivity contribution in [2.75, 3.05) is 13.2 Å². The summed E-state index contributed by atoms with van der Waals surface area (Å²) in [6.07, 6.45) is 0.933. The lowest BCUT2D eigenvalue weighted by atomic mass is 10.2. The van der Waals surface area contributed by atoms with Crippen molar-refractivity contribution in [2.45, 2.75) is 26.3 Å². The monoisotopic (exact) mass is 257 g/mol. The number of nitrogens with one attached hydrogen (secondary N) is 1. The van der Waals surface area contributed by atoms with Crippen LogP contribution in [-0.4, -0.2) is 19.1 Å². The van der Waals surface area contributed by atoms with Crippen LogP contribution in [0.2, 0.25) is 0 Å². The number of benzene rings is 1. The Morgan fingerprint density at radius 2 is 2.17 bits per heavy atom. The molecule has 0 bridgehead atoms. The van der Waals surface area contributed by atoms with Crippen LogP contribution >= 0.6 is 0 Å². The molecule has 0 saturated carbocycles. The Hall–Kier alpha value is -1.49. The number of halogens is 2. The molecule has 0 aliphatic heterocycles. The van der Waals surface area contributed by atoms with E-state index in [9.17, 15) is 13.6 Å². The van der Waals surface area contributed by atoms with Gasteiger partial charge in [0.1, 0.15) is 11.6 Å². The van der Waals surface area contributed by atoms with Crippen molar-refractivity contribution in [2.24, 2.45) is 0 Å². The number of carbonyl (C=O) groups excluding carboxylic acids is 1. The third kappa shape index (κ3) is 5.23. The highest BCUT2D eigenvalue weighted by atomic mass is 19.1. The van der Waals surface area contributed by atoms with Crippen LogP contribution in [0.15, 0.2) is 18.2 Å². The number of rotatable bonds is 7. The van der Waals surface area contributed by atoms with Gasteiger partial charge in [0.2, 0.25) is 0 Å². The Morgan fingerprint density at radius 3 is 2.89 bits per heavy atom. The first-order chi connectivity index (χ1) is 8.63. The number of hydrogen-bond acceptors (Lipinski definition) is 3. The number of esters is 1. The quantitative estimate of drug-likeness (QED) is 0.602. The molecule has 0 saturated heterocycles. The number of carbonyl (C=O) groups is 1. The Balaban J connectivity index is 2.21. The van der Waals surface area contributed by atoms with Gasteiger partial charge in [0.25, 0.3) is 0 Å². The standard InChI is InChI=1S/C13H17F2NO2/c1-2-18-13(17)4-3-7-16-9-10-8-11(14)5-6-12(10)15/h5-6,8,16H,2-4,7,9H2,1H3. The summed E-state index contributed by atoms with van der Waals surface area (Å²) in [6.45, 7) is 2.92. The first kappa shape index (κ1) is 14.6. The van der Waals surface area contributed by atoms with E-state index in [1.807, 2.05) is 0 Å². The van der Waals surface area contributed by atoms with Crippen molar-refractivity contribution in [3.8, 4) is 0 Å². The second kappa shape index (κ2) is 7.76. The van der Waals surface area contributed by atoms with E-state index in [1.54, 1.807) is 6.92 Å². The van der Waals surface area contributed by atoms with Crippen molar-refractivity contribution in [1.82, 2.24) is 5.32 Å². The molecule has 3 nitrogen and oxygen atoms in total. The van der Waals surface area contributed by atoms with Gasteiger partial charge in [-0.3, -0.25) is 4.79 Å². The van der Waals surface area contributed by atoms with E-state index in [0.717, 1.165) is 18.2 Å². The minimum absolute atomic E-state index is 0.240. The van der Waals surface area contributed by atoms with Gasteiger partial charge in [-0.1, -0.05) is 0 Å². The van der Waals surface area contributed by atoms with Crippen LogP contribution in [0.3, 0.4) is 0 Å². The lowest BCUT2D eigenvalue weighted by molar-refractivity contribution is -0.143. The highest BCUT2D eigenvalue weighted by Crippen LogP contribution is 2.09. The summed E-state index contributed by atoms with van der Waals surface area (Å²) < 4.78 is 30.8. The van der Waals surface area contributed by atoms with E-state index in [1.165, 1.54) is 0 Å². The lowest BCUT2D eigenvalue weighted by Crippen LogP contribution is -2.17. The molecule has 0 amide bonds. The molecule has 0 heterocycles. The van der Waals surface area contributed by atoms with Gasteiger partial charge in [-0.25, -0.2) is 8.78 Å². The molecule has 0 fully saturated rings. The smallest absolute Gasteiger partial charge is 0.305 e. The van der Waals surface area contributed by atoms with Crippen LogP contribution in [0.5, 0.6) is 0 Å². The van der Waals surface area contributed by atoms with Crippen molar-refractivity contribution in [3.63, 3.8) is 0 Å². The minimum atomic E-state index is -0.459. The second-order valence-electron chi connectivity index (χ2n) is 3.82. The Morgan fingerprint density at radius 1 is 1.39 bits per heavy atom. The normalized spacial score (nSPS) is 10.4. The zero-order valence-corrected chi connectivity index (χ0v) is 10.3. The summed E-state index contributed by atoms with van der Waals surface area (Å²) in [4.78, 5) is 11.0. The Bertz CT molecular complexity index is 397. The van der Waals surface area contributed by atoms with Crippen LogP contribution < -0.4 is 5.32 Å². The summed E-state index contributed by atoms with van der Waals surface area (Å²) in [5.41, 5.74) is 0.283. The highest BCUT2D eigenvalue weighted by Gasteiger charge is 2.04. The van der Waals surface area contributed by atoms with Crippen molar-refractivity contribution >= 4 is 5.97 Å². The molecule has 5 heteroatoms. The zero-order chi connectivity index (χ0) is 13.4. The summed E-state index contributed by atoms with van der Waals surface area (Å²) in [5, 5.41) is 2.95. The van der Waals surface area contributed by atoms with Crippen LogP contribution in [0.4, 0.5) is 8.78 Å². The van der Waals surface area contributed by atoms with Crippen LogP contribution in [0.25, 0.3) is 0 Å². The lowest BCUT2D eigenvalue weighted by Gasteiger charge is -2.06. The molecule has 100 valence electrons. The predicted molar refractivity (Wildman–Crippen MR) is 63.9 cm³/mol. The Labute approximate surface area is 105 Å². The van der Waals surface area contributed by atoms with E-state index >= 15 is 0 Å². The molecule has 0 unspecified atom stereocenters. The van der Waals surface area contributed by atoms with E-state index in [4.69, 9.17) is 4.74 Å². The van der Waals surface area contributed by atoms with E-state index in [0.29, 0.717) is 26.0 Å². The van der Waals surface area contributed by atoms with E-state index in [-0.39, 0.29) is 18.1 Å². The third-order valence-electron chi connectivity index (χ3n) is 2.36. The molecule has 0 aliphatic rings. The van der Waals surface area contributed by atoms with Gasteiger partial charge in [-0.05, 0) is 38.1 Å². The molecule has 1 N–H and O–H groups in total. The molecule has 0 atom stereocenters. The van der Waals surface area contributed by atoms with Gasteiger partial charge in [-0.15, -0.1) is 0 Å². The summed E-state index contributed by atoms with van der Waals surface area (Å²) in [6, 6.07) is 3.35. The molecular formula is C13H17F2NO2. The fraction of sp³-hybridized carbons (Fsp3) is 0.462. The van der Waals surface area contributed by atoms with Crippen molar-refractivity contribution < 1.29 is 18.3 Å². The average Bonchev–Trinajstić information content (AvgIpc) is 2.33. The maximum atomic E-state index is 13.2. The van der Waals surface area contributed by atoms with Gasteiger partial charge in [0.15, 0.2) is 0 Å². The third-order valence-corrected chi connectivity index (χ3v) is 2.36. The fourth-order valence-corrected chi connectivity index (χ4v) is 1.49. The molecule has 0 spiro atoms. The van der Waals surface area contributed by atoms with Crippen LogP contribution in [0.1, 0.15) is 25.3 Å². The number of ether oxygens (including phenoxy) is 1. The predicted octanol–water partition coefficient (Wildman–Crippen LogP) is 2.40. The Kier molecular flexibility index (Phi) is 6.28. The molecule has 0 aromatic heterocycles. The highest BCUT2D eigenvalue weighted by molar-refractivity contribution is 5.69. The molecular weight excluding hydrogens is 240 g/mol. The fourth-order valence-electron chi connectivity index (χ4n) is 1.49. The molecule has 1 rings (SSSR count). The second-order valence-corrected chi connectivity index (χ2v) is 3.82. The van der Waals surface area contributed by atoms with Gasteiger partial charge in [-0.2, -0.15) is 0 Å². The average molecular weight is 257 g/mol. The molecule has 0 radical (unpaired) electrons. The van der Waals surface area contributed by atoms with Crippen LogP contribution in [-0.2, 0) is 16.1 Å². The van der Waals surface area contributed by atoms with Crippen molar-refractivity contribution in [3.05, 3.63) is 35.4 Å². The maximum absolute atomic E-state index is 13.2. The molecule has 1 aromatic rings. The maximum Gasteiger partial charge on any atom is 0.305 e. The summed E-state index contributed by atoms with van der Waals surface area (Å²) in [5.74, 6) is -1.13. The molecule has 18 heavy (non-hydrogen) atoms. The minimum Gasteiger partial charge on any atom is -0.466 e. The molecule has 0 aliphatic carbocycles. The van der Waals surface area contributed by atoms with Gasteiger partial charge in [0.05, 0.1) is 6.61 Å². The van der Waals surface area contributed by atoms with Crippen molar-refractivity contribution in [1.29, 1.82) is 0 Å². The van der Waals surface area contributed by atoms with E-state index in [2.05, 4.69) is 5.32 Å². The van der Waals surface area contributed by atoms with Crippen LogP contribution in [0, 0.1) is 11.6 Å². The first-order valence-corrected chi connectivity index (χ1v) is 5.93. The number of hydrogen-bond donors (Lipinski definition) is 1. The molecule has 1 aromatic carbocycles. The topological polar surface area (TPSA) is 38.3 Å². The SMILES string of the molecule is CCOC(=O)CCCNCc1cc(F)ccc1F. The van der Waals surface area contributed by atoms with Gasteiger partial charge >= 0.3 is 5.97 Å². The van der Waals surface area contributed by atoms with Gasteiger partial charge in [0, 0.05) is 18.5 Å². The first-order valence-electron chi connectivity index (χ1n) is 5.93. The zero-order valence-electron chi connectivity index (χ0n) is 10.3. The largest absolute Gasteiger partial charge is 0.466 e. The summed E-state index contributed by atoms with van der Waals surface area (Å²) >= 11 is 0. The summed E-state index contributed by atoms with van der Waals surface area (Å²) in [7, 11) is 0.